The van der Waals surface area contributed by atoms with E-state index in [1.165, 1.54) is 51.4 Å². The minimum Gasteiger partial charge on any atom is -0.335 e. The summed E-state index contributed by atoms with van der Waals surface area (Å²) in [5, 5.41) is 0. The second-order valence-corrected chi connectivity index (χ2v) is 5.83. The SMILES string of the molecule is CCCCCCCCCC(Cn1ccnc1)n1ccnc1. The van der Waals surface area contributed by atoms with E-state index in [0.29, 0.717) is 6.04 Å². The van der Waals surface area contributed by atoms with E-state index in [1.807, 2.05) is 31.2 Å². The molecule has 21 heavy (non-hydrogen) atoms. The van der Waals surface area contributed by atoms with Crippen LogP contribution < -0.4 is 0 Å². The summed E-state index contributed by atoms with van der Waals surface area (Å²) >= 11 is 0. The van der Waals surface area contributed by atoms with E-state index in [1.54, 1.807) is 0 Å². The largest absolute Gasteiger partial charge is 0.335 e. The molecule has 1 unspecified atom stereocenters. The summed E-state index contributed by atoms with van der Waals surface area (Å²) in [6, 6.07) is 0.484. The zero-order valence-electron chi connectivity index (χ0n) is 13.2. The lowest BCUT2D eigenvalue weighted by atomic mass is 10.0. The van der Waals surface area contributed by atoms with E-state index in [9.17, 15) is 0 Å². The van der Waals surface area contributed by atoms with E-state index in [2.05, 4.69) is 32.2 Å². The van der Waals surface area contributed by atoms with Gasteiger partial charge in [0.1, 0.15) is 0 Å². The highest BCUT2D eigenvalue weighted by molar-refractivity contribution is 4.83. The van der Waals surface area contributed by atoms with Gasteiger partial charge in [0.05, 0.1) is 18.7 Å². The Morgan fingerprint density at radius 1 is 0.857 bits per heavy atom. The Morgan fingerprint density at radius 3 is 2.24 bits per heavy atom. The summed E-state index contributed by atoms with van der Waals surface area (Å²) in [5.41, 5.74) is 0. The van der Waals surface area contributed by atoms with Crippen LogP contribution in [0.4, 0.5) is 0 Å². The number of hydrogen-bond donors (Lipinski definition) is 0. The van der Waals surface area contributed by atoms with Gasteiger partial charge in [-0.3, -0.25) is 0 Å². The molecular weight excluding hydrogens is 260 g/mol. The van der Waals surface area contributed by atoms with Crippen LogP contribution in [0.25, 0.3) is 0 Å². The monoisotopic (exact) mass is 288 g/mol. The van der Waals surface area contributed by atoms with Gasteiger partial charge in [0.25, 0.3) is 0 Å². The Kier molecular flexibility index (Phi) is 7.05. The standard InChI is InChI=1S/C17H28N4/c1-2-3-4-5-6-7-8-9-17(21-13-11-19-16-21)14-20-12-10-18-15-20/h10-13,15-17H,2-9,14H2,1H3. The van der Waals surface area contributed by atoms with Crippen molar-refractivity contribution < 1.29 is 0 Å². The Bertz CT molecular complexity index is 447. The smallest absolute Gasteiger partial charge is 0.0949 e. The molecule has 2 rings (SSSR count). The Hall–Kier alpha value is -1.58. The van der Waals surface area contributed by atoms with Crippen LogP contribution in [-0.2, 0) is 6.54 Å². The second kappa shape index (κ2) is 9.37. The summed E-state index contributed by atoms with van der Waals surface area (Å²) in [7, 11) is 0. The van der Waals surface area contributed by atoms with Gasteiger partial charge in [-0.2, -0.15) is 0 Å². The number of rotatable bonds is 11. The van der Waals surface area contributed by atoms with Crippen LogP contribution in [0.3, 0.4) is 0 Å². The summed E-state index contributed by atoms with van der Waals surface area (Å²) in [6.07, 6.45) is 22.4. The van der Waals surface area contributed by atoms with Crippen molar-refractivity contribution in [1.29, 1.82) is 0 Å². The van der Waals surface area contributed by atoms with Gasteiger partial charge >= 0.3 is 0 Å². The van der Waals surface area contributed by atoms with Crippen LogP contribution in [0.2, 0.25) is 0 Å². The molecule has 0 aliphatic rings. The van der Waals surface area contributed by atoms with Crippen LogP contribution in [0.5, 0.6) is 0 Å². The average molecular weight is 288 g/mol. The first-order chi connectivity index (χ1) is 10.4. The molecule has 2 aromatic rings. The van der Waals surface area contributed by atoms with E-state index >= 15 is 0 Å². The molecule has 0 aromatic carbocycles. The van der Waals surface area contributed by atoms with Gasteiger partial charge in [-0.05, 0) is 6.42 Å². The molecule has 0 aliphatic heterocycles. The van der Waals surface area contributed by atoms with Crippen molar-refractivity contribution in [3.8, 4) is 0 Å². The first-order valence-corrected chi connectivity index (χ1v) is 8.33. The lowest BCUT2D eigenvalue weighted by Crippen LogP contribution is -2.14. The number of imidazole rings is 2. The zero-order chi connectivity index (χ0) is 14.8. The maximum absolute atomic E-state index is 4.19. The fraction of sp³-hybridized carbons (Fsp3) is 0.647. The molecule has 0 N–H and O–H groups in total. The number of unbranched alkanes of at least 4 members (excludes halogenated alkanes) is 6. The van der Waals surface area contributed by atoms with E-state index in [0.717, 1.165) is 6.54 Å². The summed E-state index contributed by atoms with van der Waals surface area (Å²) in [6.45, 7) is 3.25. The van der Waals surface area contributed by atoms with Crippen LogP contribution in [0.1, 0.15) is 64.3 Å². The van der Waals surface area contributed by atoms with Gasteiger partial charge in [0.15, 0.2) is 0 Å². The van der Waals surface area contributed by atoms with Gasteiger partial charge in [-0.25, -0.2) is 9.97 Å². The molecule has 0 bridgehead atoms. The van der Waals surface area contributed by atoms with Crippen molar-refractivity contribution in [2.75, 3.05) is 0 Å². The van der Waals surface area contributed by atoms with Crippen LogP contribution in [-0.4, -0.2) is 19.1 Å². The minimum atomic E-state index is 0.484. The van der Waals surface area contributed by atoms with Crippen molar-refractivity contribution >= 4 is 0 Å². The highest BCUT2D eigenvalue weighted by Crippen LogP contribution is 2.19. The quantitative estimate of drug-likeness (QED) is 0.572. The van der Waals surface area contributed by atoms with Gasteiger partial charge in [0.2, 0.25) is 0 Å². The Balaban J connectivity index is 1.72. The lowest BCUT2D eigenvalue weighted by Gasteiger charge is -2.19. The predicted octanol–water partition coefficient (Wildman–Crippen LogP) is 4.46. The molecule has 0 amide bonds. The molecule has 116 valence electrons. The molecular formula is C17H28N4. The Morgan fingerprint density at radius 2 is 1.57 bits per heavy atom. The average Bonchev–Trinajstić information content (AvgIpc) is 3.18. The maximum atomic E-state index is 4.19. The number of hydrogen-bond acceptors (Lipinski definition) is 2. The molecule has 4 heteroatoms. The molecule has 4 nitrogen and oxygen atoms in total. The molecule has 1 atom stereocenters. The van der Waals surface area contributed by atoms with Gasteiger partial charge in [-0.1, -0.05) is 51.9 Å². The van der Waals surface area contributed by atoms with Crippen molar-refractivity contribution in [2.45, 2.75) is 70.9 Å². The molecule has 0 fully saturated rings. The van der Waals surface area contributed by atoms with E-state index in [4.69, 9.17) is 0 Å². The molecule has 2 aromatic heterocycles. The van der Waals surface area contributed by atoms with Crippen molar-refractivity contribution in [3.63, 3.8) is 0 Å². The molecule has 0 saturated heterocycles. The zero-order valence-corrected chi connectivity index (χ0v) is 13.2. The second-order valence-electron chi connectivity index (χ2n) is 5.83. The third kappa shape index (κ3) is 5.74. The van der Waals surface area contributed by atoms with Gasteiger partial charge in [0, 0.05) is 31.3 Å². The lowest BCUT2D eigenvalue weighted by molar-refractivity contribution is 0.385. The number of aromatic nitrogens is 4. The minimum absolute atomic E-state index is 0.484. The normalized spacial score (nSPS) is 12.6. The summed E-state index contributed by atoms with van der Waals surface area (Å²) in [4.78, 5) is 8.32. The summed E-state index contributed by atoms with van der Waals surface area (Å²) < 4.78 is 4.39. The molecule has 0 radical (unpaired) electrons. The summed E-state index contributed by atoms with van der Waals surface area (Å²) in [5.74, 6) is 0. The van der Waals surface area contributed by atoms with E-state index < -0.39 is 0 Å². The topological polar surface area (TPSA) is 35.6 Å². The maximum Gasteiger partial charge on any atom is 0.0949 e. The Labute approximate surface area is 128 Å². The van der Waals surface area contributed by atoms with Gasteiger partial charge < -0.3 is 9.13 Å². The first kappa shape index (κ1) is 15.8. The van der Waals surface area contributed by atoms with Crippen LogP contribution in [0.15, 0.2) is 37.4 Å². The highest BCUT2D eigenvalue weighted by Gasteiger charge is 2.10. The predicted molar refractivity (Wildman–Crippen MR) is 86.1 cm³/mol. The third-order valence-electron chi connectivity index (χ3n) is 4.07. The molecule has 0 aliphatic carbocycles. The molecule has 0 saturated carbocycles. The fourth-order valence-corrected chi connectivity index (χ4v) is 2.80. The van der Waals surface area contributed by atoms with Crippen molar-refractivity contribution in [1.82, 2.24) is 19.1 Å². The molecule has 2 heterocycles. The third-order valence-corrected chi connectivity index (χ3v) is 4.07. The molecule has 0 spiro atoms. The number of nitrogens with zero attached hydrogens (tertiary/aromatic N) is 4. The highest BCUT2D eigenvalue weighted by atomic mass is 15.1. The fourth-order valence-electron chi connectivity index (χ4n) is 2.80. The van der Waals surface area contributed by atoms with Crippen LogP contribution >= 0.6 is 0 Å². The van der Waals surface area contributed by atoms with Crippen molar-refractivity contribution in [3.05, 3.63) is 37.4 Å². The van der Waals surface area contributed by atoms with E-state index in [-0.39, 0.29) is 0 Å². The van der Waals surface area contributed by atoms with Crippen LogP contribution in [0, 0.1) is 0 Å². The first-order valence-electron chi connectivity index (χ1n) is 8.33. The van der Waals surface area contributed by atoms with Gasteiger partial charge in [-0.15, -0.1) is 0 Å². The van der Waals surface area contributed by atoms with Crippen molar-refractivity contribution in [2.24, 2.45) is 0 Å².